The maximum Gasteiger partial charge on any atom is 0.269 e. The molecule has 2 N–H and O–H groups in total. The Bertz CT molecular complexity index is 1070. The first-order valence-electron chi connectivity index (χ1n) is 8.48. The lowest BCUT2D eigenvalue weighted by Crippen LogP contribution is -2.19. The molecule has 0 atom stereocenters. The molecule has 1 aliphatic rings. The number of nitrogens with zero attached hydrogens (tertiary/aromatic N) is 2. The second kappa shape index (κ2) is 8.66. The Morgan fingerprint density at radius 1 is 1.38 bits per heavy atom. The summed E-state index contributed by atoms with van der Waals surface area (Å²) in [5.74, 6) is -0.00331. The van der Waals surface area contributed by atoms with Crippen LogP contribution in [0.3, 0.4) is 0 Å². The van der Waals surface area contributed by atoms with Gasteiger partial charge in [0.25, 0.3) is 11.6 Å². The molecule has 10 heteroatoms. The number of amides is 1. The Morgan fingerprint density at radius 2 is 2.14 bits per heavy atom. The third kappa shape index (κ3) is 4.77. The SMILES string of the molecule is CCOc1cc(/C=C2/SC(=Nc3ccc([N+](=O)[O-])cc3C)NC2=O)cc(Br)c1O. The topological polar surface area (TPSA) is 114 Å². The number of ether oxygens (including phenoxy) is 1. The van der Waals surface area contributed by atoms with Crippen LogP contribution >= 0.6 is 27.7 Å². The summed E-state index contributed by atoms with van der Waals surface area (Å²) >= 11 is 4.43. The fraction of sp³-hybridized carbons (Fsp3) is 0.158. The molecule has 0 spiro atoms. The zero-order valence-electron chi connectivity index (χ0n) is 15.4. The number of nitrogens with one attached hydrogen (secondary N) is 1. The van der Waals surface area contributed by atoms with Crippen molar-refractivity contribution in [3.63, 3.8) is 0 Å². The number of aliphatic imine (C=N–C) groups is 1. The van der Waals surface area contributed by atoms with Crippen molar-refractivity contribution in [2.24, 2.45) is 4.99 Å². The summed E-state index contributed by atoms with van der Waals surface area (Å²) in [6, 6.07) is 7.66. The summed E-state index contributed by atoms with van der Waals surface area (Å²) in [5.41, 5.74) is 1.81. The number of aromatic hydroxyl groups is 1. The van der Waals surface area contributed by atoms with Crippen molar-refractivity contribution >= 4 is 56.2 Å². The minimum absolute atomic E-state index is 0.00609. The molecule has 2 aromatic carbocycles. The molecule has 1 fully saturated rings. The average Bonchev–Trinajstić information content (AvgIpc) is 3.00. The van der Waals surface area contributed by atoms with Gasteiger partial charge in [0, 0.05) is 12.1 Å². The summed E-state index contributed by atoms with van der Waals surface area (Å²) in [7, 11) is 0. The number of non-ortho nitro benzene ring substituents is 1. The molecular formula is C19H16BrN3O5S. The summed E-state index contributed by atoms with van der Waals surface area (Å²) in [4.78, 5) is 27.5. The number of phenolic OH excluding ortho intramolecular Hbond substituents is 1. The van der Waals surface area contributed by atoms with Gasteiger partial charge >= 0.3 is 0 Å². The number of hydrogen-bond acceptors (Lipinski definition) is 7. The molecule has 0 bridgehead atoms. The van der Waals surface area contributed by atoms with Crippen LogP contribution in [-0.2, 0) is 4.79 Å². The number of rotatable bonds is 5. The van der Waals surface area contributed by atoms with Gasteiger partial charge < -0.3 is 15.2 Å². The highest BCUT2D eigenvalue weighted by Gasteiger charge is 2.24. The molecule has 0 radical (unpaired) electrons. The number of amidine groups is 1. The van der Waals surface area contributed by atoms with Gasteiger partial charge in [-0.05, 0) is 76.9 Å². The van der Waals surface area contributed by atoms with Crippen LogP contribution in [-0.4, -0.2) is 27.7 Å². The van der Waals surface area contributed by atoms with Crippen molar-refractivity contribution < 1.29 is 19.6 Å². The molecule has 1 saturated heterocycles. The molecule has 3 rings (SSSR count). The monoisotopic (exact) mass is 477 g/mol. The van der Waals surface area contributed by atoms with Gasteiger partial charge in [0.15, 0.2) is 16.7 Å². The quantitative estimate of drug-likeness (QED) is 0.367. The molecule has 0 aromatic heterocycles. The predicted octanol–water partition coefficient (Wildman–Crippen LogP) is 4.66. The largest absolute Gasteiger partial charge is 0.503 e. The standard InChI is InChI=1S/C19H16BrN3O5S/c1-3-28-15-8-11(7-13(20)17(15)24)9-16-18(25)22-19(29-16)21-14-5-4-12(23(26)27)6-10(14)2/h4-9,24H,3H2,1-2H3,(H,21,22,25)/b16-9+. The van der Waals surface area contributed by atoms with E-state index in [1.165, 1.54) is 12.1 Å². The van der Waals surface area contributed by atoms with Gasteiger partial charge in [-0.2, -0.15) is 0 Å². The summed E-state index contributed by atoms with van der Waals surface area (Å²) < 4.78 is 5.85. The number of benzene rings is 2. The number of carbonyl (C=O) groups excluding carboxylic acids is 1. The summed E-state index contributed by atoms with van der Waals surface area (Å²) in [6.45, 7) is 3.91. The van der Waals surface area contributed by atoms with Gasteiger partial charge in [-0.3, -0.25) is 14.9 Å². The lowest BCUT2D eigenvalue weighted by molar-refractivity contribution is -0.384. The Labute approximate surface area is 179 Å². The van der Waals surface area contributed by atoms with Crippen LogP contribution in [0.5, 0.6) is 11.5 Å². The van der Waals surface area contributed by atoms with Crippen molar-refractivity contribution in [2.75, 3.05) is 6.61 Å². The number of thioether (sulfide) groups is 1. The second-order valence-electron chi connectivity index (χ2n) is 5.99. The number of phenols is 1. The third-order valence-electron chi connectivity index (χ3n) is 3.91. The van der Waals surface area contributed by atoms with Crippen LogP contribution in [0.15, 0.2) is 44.7 Å². The first-order valence-corrected chi connectivity index (χ1v) is 10.1. The minimum atomic E-state index is -0.469. The van der Waals surface area contributed by atoms with Gasteiger partial charge in [-0.15, -0.1) is 0 Å². The minimum Gasteiger partial charge on any atom is -0.503 e. The van der Waals surface area contributed by atoms with E-state index in [0.717, 1.165) is 11.8 Å². The lowest BCUT2D eigenvalue weighted by Gasteiger charge is -2.08. The first kappa shape index (κ1) is 20.9. The Kier molecular flexibility index (Phi) is 6.23. The van der Waals surface area contributed by atoms with E-state index in [1.807, 2.05) is 6.92 Å². The van der Waals surface area contributed by atoms with E-state index in [0.29, 0.717) is 43.7 Å². The zero-order chi connectivity index (χ0) is 21.1. The van der Waals surface area contributed by atoms with E-state index in [2.05, 4.69) is 26.2 Å². The van der Waals surface area contributed by atoms with Crippen molar-refractivity contribution in [2.45, 2.75) is 13.8 Å². The molecular weight excluding hydrogens is 462 g/mol. The smallest absolute Gasteiger partial charge is 0.269 e. The summed E-state index contributed by atoms with van der Waals surface area (Å²) in [5, 5.41) is 23.9. The van der Waals surface area contributed by atoms with Crippen molar-refractivity contribution in [1.29, 1.82) is 0 Å². The molecule has 29 heavy (non-hydrogen) atoms. The van der Waals surface area contributed by atoms with Crippen LogP contribution in [0.2, 0.25) is 0 Å². The highest BCUT2D eigenvalue weighted by Crippen LogP contribution is 2.37. The number of aryl methyl sites for hydroxylation is 1. The molecule has 2 aromatic rings. The molecule has 1 amide bonds. The lowest BCUT2D eigenvalue weighted by atomic mass is 10.2. The number of hydrogen-bond donors (Lipinski definition) is 2. The van der Waals surface area contributed by atoms with Gasteiger partial charge in [-0.25, -0.2) is 4.99 Å². The van der Waals surface area contributed by atoms with E-state index >= 15 is 0 Å². The van der Waals surface area contributed by atoms with Crippen LogP contribution in [0.4, 0.5) is 11.4 Å². The first-order chi connectivity index (χ1) is 13.8. The van der Waals surface area contributed by atoms with Crippen LogP contribution in [0.1, 0.15) is 18.1 Å². The predicted molar refractivity (Wildman–Crippen MR) is 116 cm³/mol. The van der Waals surface area contributed by atoms with Crippen molar-refractivity contribution in [3.8, 4) is 11.5 Å². The third-order valence-corrected chi connectivity index (χ3v) is 5.43. The van der Waals surface area contributed by atoms with E-state index in [9.17, 15) is 20.0 Å². The summed E-state index contributed by atoms with van der Waals surface area (Å²) in [6.07, 6.45) is 1.66. The maximum absolute atomic E-state index is 12.3. The van der Waals surface area contributed by atoms with E-state index in [1.54, 1.807) is 31.2 Å². The molecule has 1 heterocycles. The molecule has 8 nitrogen and oxygen atoms in total. The fourth-order valence-electron chi connectivity index (χ4n) is 2.56. The highest BCUT2D eigenvalue weighted by molar-refractivity contribution is 9.10. The number of nitro groups is 1. The van der Waals surface area contributed by atoms with Gasteiger partial charge in [0.2, 0.25) is 0 Å². The van der Waals surface area contributed by atoms with Gasteiger partial charge in [0.05, 0.1) is 26.6 Å². The fourth-order valence-corrected chi connectivity index (χ4v) is 3.86. The van der Waals surface area contributed by atoms with Crippen molar-refractivity contribution in [1.82, 2.24) is 5.32 Å². The highest BCUT2D eigenvalue weighted by atomic mass is 79.9. The molecule has 150 valence electrons. The molecule has 0 saturated carbocycles. The number of nitro benzene ring substituents is 1. The van der Waals surface area contributed by atoms with Gasteiger partial charge in [0.1, 0.15) is 0 Å². The average molecular weight is 478 g/mol. The van der Waals surface area contributed by atoms with E-state index < -0.39 is 4.92 Å². The van der Waals surface area contributed by atoms with E-state index in [-0.39, 0.29) is 17.3 Å². The van der Waals surface area contributed by atoms with Crippen LogP contribution in [0.25, 0.3) is 6.08 Å². The number of halogens is 1. The van der Waals surface area contributed by atoms with Crippen LogP contribution < -0.4 is 10.1 Å². The zero-order valence-corrected chi connectivity index (χ0v) is 17.8. The van der Waals surface area contributed by atoms with Crippen LogP contribution in [0, 0.1) is 17.0 Å². The van der Waals surface area contributed by atoms with Gasteiger partial charge in [-0.1, -0.05) is 0 Å². The van der Waals surface area contributed by atoms with Crippen molar-refractivity contribution in [3.05, 3.63) is 61.0 Å². The second-order valence-corrected chi connectivity index (χ2v) is 7.88. The Hall–Kier alpha value is -2.85. The molecule has 1 aliphatic heterocycles. The Morgan fingerprint density at radius 3 is 2.79 bits per heavy atom. The van der Waals surface area contributed by atoms with E-state index in [4.69, 9.17) is 4.74 Å². The Balaban J connectivity index is 1.87. The maximum atomic E-state index is 12.3. The molecule has 0 unspecified atom stereocenters. The normalized spacial score (nSPS) is 16.3. The molecule has 0 aliphatic carbocycles. The number of carbonyl (C=O) groups is 1.